The SMILES string of the molecule is C=CCOc1cc2oc(=O)ccc2cc1OC. The molecule has 1 aromatic carbocycles. The Morgan fingerprint density at radius 2 is 2.18 bits per heavy atom. The van der Waals surface area contributed by atoms with Crippen LogP contribution in [0, 0.1) is 0 Å². The average Bonchev–Trinajstić information content (AvgIpc) is 2.35. The zero-order chi connectivity index (χ0) is 12.3. The number of benzene rings is 1. The van der Waals surface area contributed by atoms with E-state index in [0.29, 0.717) is 23.7 Å². The second-order valence-electron chi connectivity index (χ2n) is 3.40. The van der Waals surface area contributed by atoms with Crippen molar-refractivity contribution in [3.05, 3.63) is 47.3 Å². The molecule has 2 rings (SSSR count). The van der Waals surface area contributed by atoms with E-state index in [4.69, 9.17) is 13.9 Å². The summed E-state index contributed by atoms with van der Waals surface area (Å²) in [6, 6.07) is 6.45. The van der Waals surface area contributed by atoms with Crippen molar-refractivity contribution in [2.75, 3.05) is 13.7 Å². The molecule has 0 saturated carbocycles. The summed E-state index contributed by atoms with van der Waals surface area (Å²) in [6.45, 7) is 3.93. The first kappa shape index (κ1) is 11.3. The third-order valence-corrected chi connectivity index (χ3v) is 2.26. The van der Waals surface area contributed by atoms with Gasteiger partial charge in [0, 0.05) is 17.5 Å². The first-order chi connectivity index (χ1) is 8.24. The van der Waals surface area contributed by atoms with Crippen molar-refractivity contribution < 1.29 is 13.9 Å². The molecular weight excluding hydrogens is 220 g/mol. The molecule has 0 bridgehead atoms. The third-order valence-electron chi connectivity index (χ3n) is 2.26. The van der Waals surface area contributed by atoms with Crippen molar-refractivity contribution in [3.63, 3.8) is 0 Å². The van der Waals surface area contributed by atoms with E-state index in [1.807, 2.05) is 0 Å². The van der Waals surface area contributed by atoms with Crippen molar-refractivity contribution in [2.24, 2.45) is 0 Å². The van der Waals surface area contributed by atoms with Crippen LogP contribution in [0.4, 0.5) is 0 Å². The van der Waals surface area contributed by atoms with Crippen molar-refractivity contribution in [1.82, 2.24) is 0 Å². The molecule has 0 aliphatic heterocycles. The lowest BCUT2D eigenvalue weighted by molar-refractivity contribution is 0.326. The number of rotatable bonds is 4. The fourth-order valence-electron chi connectivity index (χ4n) is 1.50. The minimum Gasteiger partial charge on any atom is -0.493 e. The largest absolute Gasteiger partial charge is 0.493 e. The number of methoxy groups -OCH3 is 1. The molecule has 0 atom stereocenters. The number of hydrogen-bond acceptors (Lipinski definition) is 4. The van der Waals surface area contributed by atoms with E-state index in [0.717, 1.165) is 5.39 Å². The zero-order valence-electron chi connectivity index (χ0n) is 9.43. The van der Waals surface area contributed by atoms with Gasteiger partial charge in [0.1, 0.15) is 12.2 Å². The lowest BCUT2D eigenvalue weighted by atomic mass is 10.2. The minimum absolute atomic E-state index is 0.360. The standard InChI is InChI=1S/C13H12O4/c1-3-6-16-12-8-10-9(7-11(12)15-2)4-5-13(14)17-10/h3-5,7-8H,1,6H2,2H3. The molecule has 2 aromatic rings. The highest BCUT2D eigenvalue weighted by Crippen LogP contribution is 2.31. The first-order valence-electron chi connectivity index (χ1n) is 5.10. The summed E-state index contributed by atoms with van der Waals surface area (Å²) in [5.41, 5.74) is 0.0784. The molecule has 4 nitrogen and oxygen atoms in total. The van der Waals surface area contributed by atoms with Gasteiger partial charge in [-0.2, -0.15) is 0 Å². The molecular formula is C13H12O4. The van der Waals surface area contributed by atoms with Gasteiger partial charge in [-0.3, -0.25) is 0 Å². The Morgan fingerprint density at radius 3 is 2.88 bits per heavy atom. The lowest BCUT2D eigenvalue weighted by Crippen LogP contribution is -1.98. The van der Waals surface area contributed by atoms with E-state index in [2.05, 4.69) is 6.58 Å². The molecule has 17 heavy (non-hydrogen) atoms. The highest BCUT2D eigenvalue weighted by Gasteiger charge is 2.08. The van der Waals surface area contributed by atoms with Crippen LogP contribution in [0.1, 0.15) is 0 Å². The van der Waals surface area contributed by atoms with E-state index in [1.165, 1.54) is 6.07 Å². The molecule has 0 amide bonds. The van der Waals surface area contributed by atoms with Crippen molar-refractivity contribution in [2.45, 2.75) is 0 Å². The van der Waals surface area contributed by atoms with Crippen LogP contribution in [0.5, 0.6) is 11.5 Å². The van der Waals surface area contributed by atoms with Crippen LogP contribution in [0.3, 0.4) is 0 Å². The molecule has 88 valence electrons. The van der Waals surface area contributed by atoms with Crippen molar-refractivity contribution in [3.8, 4) is 11.5 Å². The van der Waals surface area contributed by atoms with Gasteiger partial charge in [-0.25, -0.2) is 4.79 Å². The van der Waals surface area contributed by atoms with E-state index >= 15 is 0 Å². The van der Waals surface area contributed by atoms with Gasteiger partial charge in [0.05, 0.1) is 7.11 Å². The van der Waals surface area contributed by atoms with Gasteiger partial charge in [-0.05, 0) is 12.1 Å². The van der Waals surface area contributed by atoms with Crippen LogP contribution < -0.4 is 15.1 Å². The van der Waals surface area contributed by atoms with Gasteiger partial charge in [0.15, 0.2) is 11.5 Å². The lowest BCUT2D eigenvalue weighted by Gasteiger charge is -2.09. The summed E-state index contributed by atoms with van der Waals surface area (Å²) in [5, 5.41) is 0.785. The Labute approximate surface area is 98.1 Å². The maximum absolute atomic E-state index is 11.1. The van der Waals surface area contributed by atoms with E-state index in [9.17, 15) is 4.79 Å². The Bertz CT molecular complexity index is 598. The predicted octanol–water partition coefficient (Wildman–Crippen LogP) is 2.37. The van der Waals surface area contributed by atoms with E-state index in [-0.39, 0.29) is 0 Å². The fraction of sp³-hybridized carbons (Fsp3) is 0.154. The Balaban J connectivity index is 2.56. The quantitative estimate of drug-likeness (QED) is 0.599. The van der Waals surface area contributed by atoms with Crippen LogP contribution >= 0.6 is 0 Å². The zero-order valence-corrected chi connectivity index (χ0v) is 9.43. The van der Waals surface area contributed by atoms with Gasteiger partial charge in [0.2, 0.25) is 0 Å². The summed E-state index contributed by atoms with van der Waals surface area (Å²) in [6.07, 6.45) is 1.63. The Morgan fingerprint density at radius 1 is 1.35 bits per heavy atom. The molecule has 0 aliphatic carbocycles. The van der Waals surface area contributed by atoms with Gasteiger partial charge >= 0.3 is 5.63 Å². The second-order valence-corrected chi connectivity index (χ2v) is 3.40. The van der Waals surface area contributed by atoms with Crippen LogP contribution in [0.25, 0.3) is 11.0 Å². The topological polar surface area (TPSA) is 48.7 Å². The van der Waals surface area contributed by atoms with Crippen LogP contribution in [0.2, 0.25) is 0 Å². The Hall–Kier alpha value is -2.23. The molecule has 1 aromatic heterocycles. The van der Waals surface area contributed by atoms with Crippen LogP contribution in [-0.4, -0.2) is 13.7 Å². The maximum Gasteiger partial charge on any atom is 0.336 e. The molecule has 0 fully saturated rings. The van der Waals surface area contributed by atoms with Gasteiger partial charge in [-0.15, -0.1) is 0 Å². The normalized spacial score (nSPS) is 10.2. The summed E-state index contributed by atoms with van der Waals surface area (Å²) in [7, 11) is 1.56. The van der Waals surface area contributed by atoms with Crippen LogP contribution in [0.15, 0.2) is 46.1 Å². The number of fused-ring (bicyclic) bond motifs is 1. The molecule has 1 heterocycles. The fourth-order valence-corrected chi connectivity index (χ4v) is 1.50. The molecule has 0 saturated heterocycles. The monoisotopic (exact) mass is 232 g/mol. The summed E-state index contributed by atoms with van der Waals surface area (Å²) in [4.78, 5) is 11.1. The van der Waals surface area contributed by atoms with E-state index in [1.54, 1.807) is 31.4 Å². The van der Waals surface area contributed by atoms with Gasteiger partial charge in [-0.1, -0.05) is 12.7 Å². The molecule has 0 aliphatic rings. The molecule has 0 N–H and O–H groups in total. The van der Waals surface area contributed by atoms with Crippen molar-refractivity contribution >= 4 is 11.0 Å². The van der Waals surface area contributed by atoms with Crippen LogP contribution in [-0.2, 0) is 0 Å². The minimum atomic E-state index is -0.391. The van der Waals surface area contributed by atoms with Gasteiger partial charge < -0.3 is 13.9 Å². The predicted molar refractivity (Wildman–Crippen MR) is 64.7 cm³/mol. The molecule has 4 heteroatoms. The van der Waals surface area contributed by atoms with Crippen molar-refractivity contribution in [1.29, 1.82) is 0 Å². The average molecular weight is 232 g/mol. The molecule has 0 spiro atoms. The number of ether oxygens (including phenoxy) is 2. The summed E-state index contributed by atoms with van der Waals surface area (Å²) in [5.74, 6) is 1.11. The second kappa shape index (κ2) is 4.74. The molecule has 0 unspecified atom stereocenters. The first-order valence-corrected chi connectivity index (χ1v) is 5.10. The Kier molecular flexibility index (Phi) is 3.14. The number of hydrogen-bond donors (Lipinski definition) is 0. The summed E-state index contributed by atoms with van der Waals surface area (Å²) < 4.78 is 15.7. The highest BCUT2D eigenvalue weighted by atomic mass is 16.5. The maximum atomic E-state index is 11.1. The van der Waals surface area contributed by atoms with E-state index < -0.39 is 5.63 Å². The smallest absolute Gasteiger partial charge is 0.336 e. The third kappa shape index (κ3) is 2.30. The molecule has 0 radical (unpaired) electrons. The highest BCUT2D eigenvalue weighted by molar-refractivity contribution is 5.80. The van der Waals surface area contributed by atoms with Gasteiger partial charge in [0.25, 0.3) is 0 Å². The summed E-state index contributed by atoms with van der Waals surface area (Å²) >= 11 is 0.